The van der Waals surface area contributed by atoms with E-state index >= 15 is 0 Å². The fraction of sp³-hybridized carbons (Fsp3) is 0.409. The van der Waals surface area contributed by atoms with Crippen molar-refractivity contribution in [3.8, 4) is 16.3 Å². The van der Waals surface area contributed by atoms with Crippen LogP contribution < -0.4 is 15.4 Å². The van der Waals surface area contributed by atoms with Gasteiger partial charge < -0.3 is 19.9 Å². The lowest BCUT2D eigenvalue weighted by molar-refractivity contribution is 0.368. The molecule has 0 radical (unpaired) electrons. The predicted molar refractivity (Wildman–Crippen MR) is 136 cm³/mol. The predicted octanol–water partition coefficient (Wildman–Crippen LogP) is 5.19. The van der Waals surface area contributed by atoms with Crippen molar-refractivity contribution in [1.29, 1.82) is 0 Å². The van der Waals surface area contributed by atoms with Crippen molar-refractivity contribution in [2.24, 2.45) is 4.99 Å². The van der Waals surface area contributed by atoms with E-state index in [4.69, 9.17) is 14.2 Å². The summed E-state index contributed by atoms with van der Waals surface area (Å²) in [4.78, 5) is 8.98. The highest BCUT2D eigenvalue weighted by Gasteiger charge is 2.13. The second-order valence-corrected chi connectivity index (χ2v) is 7.74. The van der Waals surface area contributed by atoms with Crippen LogP contribution in [0.5, 0.6) is 5.75 Å². The van der Waals surface area contributed by atoms with Crippen LogP contribution in [-0.2, 0) is 13.1 Å². The highest BCUT2D eigenvalue weighted by Crippen LogP contribution is 2.25. The minimum atomic E-state index is 0. The molecule has 0 spiro atoms. The first kappa shape index (κ1) is 25.1. The molecule has 0 saturated heterocycles. The van der Waals surface area contributed by atoms with Gasteiger partial charge in [0.2, 0.25) is 0 Å². The van der Waals surface area contributed by atoms with Crippen LogP contribution >= 0.6 is 35.3 Å². The number of aromatic nitrogens is 2. The van der Waals surface area contributed by atoms with E-state index in [-0.39, 0.29) is 24.0 Å². The van der Waals surface area contributed by atoms with Crippen LogP contribution in [0.2, 0.25) is 0 Å². The smallest absolute Gasteiger partial charge is 0.191 e. The number of hydrogen-bond acceptors (Lipinski definition) is 6. The normalized spacial score (nSPS) is 11.3. The van der Waals surface area contributed by atoms with Gasteiger partial charge in [-0.15, -0.1) is 35.3 Å². The van der Waals surface area contributed by atoms with Crippen LogP contribution in [0.1, 0.15) is 49.8 Å². The van der Waals surface area contributed by atoms with Gasteiger partial charge >= 0.3 is 0 Å². The fourth-order valence-corrected chi connectivity index (χ4v) is 3.96. The van der Waals surface area contributed by atoms with Crippen molar-refractivity contribution in [3.63, 3.8) is 0 Å². The lowest BCUT2D eigenvalue weighted by Crippen LogP contribution is -2.36. The zero-order valence-electron chi connectivity index (χ0n) is 18.3. The van der Waals surface area contributed by atoms with Gasteiger partial charge in [0, 0.05) is 30.0 Å². The molecule has 3 aromatic rings. The maximum atomic E-state index is 5.46. The Hall–Kier alpha value is -2.14. The molecule has 0 aliphatic rings. The number of guanidine groups is 1. The third kappa shape index (κ3) is 6.93. The standard InChI is InChI=1S/C22H29N5O2S.HI/c1-5-15(6-2)20-11-19(29-27-20)13-25-22(23-3)24-12-17-14-30-21(26-17)16-7-9-18(28-4)10-8-16;/h7-11,14-15H,5-6,12-13H2,1-4H3,(H2,23,24,25);1H. The molecular formula is C22H30IN5O2S. The lowest BCUT2D eigenvalue weighted by atomic mass is 9.99. The molecular weight excluding hydrogens is 525 g/mol. The zero-order valence-corrected chi connectivity index (χ0v) is 21.5. The number of benzene rings is 1. The molecule has 1 aromatic carbocycles. The van der Waals surface area contributed by atoms with Crippen molar-refractivity contribution < 1.29 is 9.26 Å². The van der Waals surface area contributed by atoms with Gasteiger partial charge in [0.05, 0.1) is 31.6 Å². The monoisotopic (exact) mass is 555 g/mol. The van der Waals surface area contributed by atoms with Gasteiger partial charge in [0.25, 0.3) is 0 Å². The number of halogens is 1. The molecule has 0 bridgehead atoms. The minimum Gasteiger partial charge on any atom is -0.497 e. The molecule has 0 amide bonds. The van der Waals surface area contributed by atoms with Gasteiger partial charge in [-0.25, -0.2) is 4.98 Å². The molecule has 0 atom stereocenters. The topological polar surface area (TPSA) is 84.6 Å². The Labute approximate surface area is 204 Å². The molecule has 2 heterocycles. The Bertz CT molecular complexity index is 951. The van der Waals surface area contributed by atoms with E-state index in [0.717, 1.165) is 46.3 Å². The Morgan fingerprint density at radius 3 is 2.52 bits per heavy atom. The third-order valence-corrected chi connectivity index (χ3v) is 5.90. The summed E-state index contributed by atoms with van der Waals surface area (Å²) in [6, 6.07) is 9.95. The van der Waals surface area contributed by atoms with Crippen LogP contribution in [0.3, 0.4) is 0 Å². The molecule has 0 unspecified atom stereocenters. The Kier molecular flexibility index (Phi) is 10.3. The van der Waals surface area contributed by atoms with Crippen molar-refractivity contribution in [3.05, 3.63) is 52.9 Å². The van der Waals surface area contributed by atoms with Gasteiger partial charge in [-0.3, -0.25) is 4.99 Å². The summed E-state index contributed by atoms with van der Waals surface area (Å²) in [6.07, 6.45) is 2.12. The van der Waals surface area contributed by atoms with Gasteiger partial charge in [-0.05, 0) is 37.1 Å². The zero-order chi connectivity index (χ0) is 21.3. The number of nitrogens with zero attached hydrogens (tertiary/aromatic N) is 3. The Balaban J connectivity index is 0.00000341. The second kappa shape index (κ2) is 12.7. The Morgan fingerprint density at radius 1 is 1.16 bits per heavy atom. The Morgan fingerprint density at radius 2 is 1.87 bits per heavy atom. The summed E-state index contributed by atoms with van der Waals surface area (Å²) in [5, 5.41) is 13.8. The molecule has 168 valence electrons. The molecule has 9 heteroatoms. The van der Waals surface area contributed by atoms with E-state index in [0.29, 0.717) is 25.0 Å². The van der Waals surface area contributed by atoms with Gasteiger partial charge in [0.1, 0.15) is 10.8 Å². The van der Waals surface area contributed by atoms with Crippen LogP contribution in [0.15, 0.2) is 45.2 Å². The second-order valence-electron chi connectivity index (χ2n) is 6.88. The number of hydrogen-bond donors (Lipinski definition) is 2. The highest BCUT2D eigenvalue weighted by atomic mass is 127. The van der Waals surface area contributed by atoms with Crippen molar-refractivity contribution >= 4 is 41.3 Å². The summed E-state index contributed by atoms with van der Waals surface area (Å²) in [5.74, 6) is 2.78. The third-order valence-electron chi connectivity index (χ3n) is 4.96. The van der Waals surface area contributed by atoms with E-state index in [9.17, 15) is 0 Å². The fourth-order valence-electron chi connectivity index (χ4n) is 3.13. The summed E-state index contributed by atoms with van der Waals surface area (Å²) >= 11 is 1.62. The quantitative estimate of drug-likeness (QED) is 0.215. The van der Waals surface area contributed by atoms with E-state index in [2.05, 4.69) is 40.0 Å². The summed E-state index contributed by atoms with van der Waals surface area (Å²) in [6.45, 7) is 5.46. The maximum absolute atomic E-state index is 5.46. The molecule has 0 saturated carbocycles. The van der Waals surface area contributed by atoms with Crippen LogP contribution in [0, 0.1) is 0 Å². The van der Waals surface area contributed by atoms with Crippen LogP contribution in [-0.4, -0.2) is 30.3 Å². The van der Waals surface area contributed by atoms with Gasteiger partial charge in [-0.2, -0.15) is 0 Å². The number of nitrogens with one attached hydrogen (secondary N) is 2. The lowest BCUT2D eigenvalue weighted by Gasteiger charge is -2.09. The van der Waals surface area contributed by atoms with Crippen LogP contribution in [0.25, 0.3) is 10.6 Å². The van der Waals surface area contributed by atoms with Gasteiger partial charge in [-0.1, -0.05) is 19.0 Å². The van der Waals surface area contributed by atoms with Crippen LogP contribution in [0.4, 0.5) is 0 Å². The van der Waals surface area contributed by atoms with E-state index in [1.54, 1.807) is 25.5 Å². The SMILES string of the molecule is CCC(CC)c1cc(CNC(=NC)NCc2csc(-c3ccc(OC)cc3)n2)on1.I. The van der Waals surface area contributed by atoms with E-state index in [1.807, 2.05) is 30.3 Å². The largest absolute Gasteiger partial charge is 0.497 e. The summed E-state index contributed by atoms with van der Waals surface area (Å²) < 4.78 is 10.7. The maximum Gasteiger partial charge on any atom is 0.191 e. The number of thiazole rings is 1. The first-order chi connectivity index (χ1) is 14.7. The number of aliphatic imine (C=N–C) groups is 1. The molecule has 0 aliphatic heterocycles. The first-order valence-corrected chi connectivity index (χ1v) is 11.0. The molecule has 2 aromatic heterocycles. The summed E-state index contributed by atoms with van der Waals surface area (Å²) in [7, 11) is 3.41. The molecule has 31 heavy (non-hydrogen) atoms. The molecule has 2 N–H and O–H groups in total. The van der Waals surface area contributed by atoms with E-state index < -0.39 is 0 Å². The van der Waals surface area contributed by atoms with Crippen molar-refractivity contribution in [2.45, 2.75) is 45.7 Å². The minimum absolute atomic E-state index is 0. The number of rotatable bonds is 9. The molecule has 3 rings (SSSR count). The number of ether oxygens (including phenoxy) is 1. The average molecular weight is 555 g/mol. The van der Waals surface area contributed by atoms with Crippen molar-refractivity contribution in [1.82, 2.24) is 20.8 Å². The summed E-state index contributed by atoms with van der Waals surface area (Å²) in [5.41, 5.74) is 3.06. The highest BCUT2D eigenvalue weighted by molar-refractivity contribution is 14.0. The molecule has 0 aliphatic carbocycles. The van der Waals surface area contributed by atoms with Gasteiger partial charge in [0.15, 0.2) is 11.7 Å². The van der Waals surface area contributed by atoms with Crippen molar-refractivity contribution in [2.75, 3.05) is 14.2 Å². The van der Waals surface area contributed by atoms with E-state index in [1.165, 1.54) is 0 Å². The molecule has 7 nitrogen and oxygen atoms in total. The average Bonchev–Trinajstić information content (AvgIpc) is 3.45. The first-order valence-electron chi connectivity index (χ1n) is 10.2. The number of methoxy groups -OCH3 is 1. The molecule has 0 fully saturated rings.